The van der Waals surface area contributed by atoms with E-state index in [0.717, 1.165) is 0 Å². The van der Waals surface area contributed by atoms with Gasteiger partial charge in [0.05, 0.1) is 12.6 Å². The average molecular weight is 410 g/mol. The molecule has 2 amide bonds. The van der Waals surface area contributed by atoms with Crippen LogP contribution in [-0.2, 0) is 16.1 Å². The van der Waals surface area contributed by atoms with Crippen LogP contribution in [0, 0.1) is 5.92 Å². The van der Waals surface area contributed by atoms with Gasteiger partial charge in [0.2, 0.25) is 18.6 Å². The second-order valence-electron chi connectivity index (χ2n) is 5.96. The molecule has 0 spiro atoms. The monoisotopic (exact) mass is 409 g/mol. The molecule has 152 valence electrons. The van der Waals surface area contributed by atoms with E-state index in [1.165, 1.54) is 12.1 Å². The Morgan fingerprint density at radius 1 is 1.22 bits per heavy atom. The Morgan fingerprint density at radius 3 is 2.44 bits per heavy atom. The minimum atomic E-state index is -3.03. The second-order valence-corrected chi connectivity index (χ2v) is 5.96. The molecule has 11 heteroatoms. The van der Waals surface area contributed by atoms with E-state index >= 15 is 0 Å². The van der Waals surface area contributed by atoms with E-state index < -0.39 is 24.5 Å². The topological polar surface area (TPSA) is 112 Å². The smallest absolute Gasteiger partial charge is 0.387 e. The van der Waals surface area contributed by atoms with E-state index in [4.69, 9.17) is 15.2 Å². The molecule has 1 atom stereocenters. The zero-order chi connectivity index (χ0) is 19.3. The highest BCUT2D eigenvalue weighted by atomic mass is 35.5. The van der Waals surface area contributed by atoms with Crippen LogP contribution in [0.3, 0.4) is 0 Å². The van der Waals surface area contributed by atoms with Crippen LogP contribution in [-0.4, -0.2) is 37.8 Å². The number of fused-ring (bicyclic) bond motifs is 1. The molecule has 0 aliphatic carbocycles. The molecule has 0 aromatic heterocycles. The van der Waals surface area contributed by atoms with Crippen molar-refractivity contribution in [2.45, 2.75) is 33.0 Å². The maximum atomic E-state index is 12.6. The molecular formula is C16H22ClF2N3O5. The van der Waals surface area contributed by atoms with Gasteiger partial charge in [0, 0.05) is 18.2 Å². The van der Waals surface area contributed by atoms with Crippen molar-refractivity contribution in [1.82, 2.24) is 10.6 Å². The number of benzene rings is 1. The summed E-state index contributed by atoms with van der Waals surface area (Å²) in [5, 5.41) is 4.93. The fourth-order valence-corrected chi connectivity index (χ4v) is 2.15. The Balaban J connectivity index is 0.00000364. The average Bonchev–Trinajstić information content (AvgIpc) is 3.03. The van der Waals surface area contributed by atoms with Crippen LogP contribution < -0.4 is 30.6 Å². The largest absolute Gasteiger partial charge is 0.454 e. The number of hydrogen-bond acceptors (Lipinski definition) is 6. The summed E-state index contributed by atoms with van der Waals surface area (Å²) >= 11 is 0. The number of halogens is 3. The highest BCUT2D eigenvalue weighted by Gasteiger charge is 2.21. The molecule has 1 aliphatic heterocycles. The van der Waals surface area contributed by atoms with Crippen LogP contribution in [0.2, 0.25) is 0 Å². The predicted octanol–water partition coefficient (Wildman–Crippen LogP) is 1.15. The number of nitrogens with two attached hydrogens (primary N) is 1. The zero-order valence-electron chi connectivity index (χ0n) is 14.8. The van der Waals surface area contributed by atoms with E-state index in [0.29, 0.717) is 5.75 Å². The molecule has 0 fully saturated rings. The first-order valence-electron chi connectivity index (χ1n) is 7.95. The second kappa shape index (κ2) is 10.1. The number of ether oxygens (including phenoxy) is 3. The Labute approximate surface area is 161 Å². The lowest BCUT2D eigenvalue weighted by Crippen LogP contribution is -2.47. The highest BCUT2D eigenvalue weighted by molar-refractivity contribution is 5.87. The summed E-state index contributed by atoms with van der Waals surface area (Å²) in [6.45, 7) is 0.143. The van der Waals surface area contributed by atoms with E-state index in [1.54, 1.807) is 13.8 Å². The third-order valence-corrected chi connectivity index (χ3v) is 3.69. The molecule has 1 aliphatic rings. The number of carbonyl (C=O) groups excluding carboxylic acids is 2. The zero-order valence-corrected chi connectivity index (χ0v) is 15.6. The third-order valence-electron chi connectivity index (χ3n) is 3.69. The molecule has 1 aromatic carbocycles. The van der Waals surface area contributed by atoms with Crippen molar-refractivity contribution in [2.24, 2.45) is 11.7 Å². The van der Waals surface area contributed by atoms with E-state index in [2.05, 4.69) is 15.4 Å². The van der Waals surface area contributed by atoms with Gasteiger partial charge < -0.3 is 30.6 Å². The molecule has 0 saturated carbocycles. The maximum Gasteiger partial charge on any atom is 0.387 e. The van der Waals surface area contributed by atoms with Gasteiger partial charge in [-0.25, -0.2) is 0 Å². The van der Waals surface area contributed by atoms with Crippen LogP contribution >= 0.6 is 12.4 Å². The van der Waals surface area contributed by atoms with Gasteiger partial charge in [-0.05, 0) is 12.0 Å². The SMILES string of the molecule is CC(C)[C@H](N)C(=O)NCC(=O)NCc1cc2c(cc1OC(F)F)OCO2.Cl. The summed E-state index contributed by atoms with van der Waals surface area (Å²) in [5.41, 5.74) is 5.96. The Hall–Kier alpha value is -2.33. The van der Waals surface area contributed by atoms with Gasteiger partial charge in [-0.15, -0.1) is 12.4 Å². The summed E-state index contributed by atoms with van der Waals surface area (Å²) in [6, 6.07) is 2.01. The molecule has 1 aromatic rings. The number of nitrogens with one attached hydrogen (secondary N) is 2. The lowest BCUT2D eigenvalue weighted by molar-refractivity contribution is -0.127. The molecule has 2 rings (SSSR count). The molecule has 1 heterocycles. The maximum absolute atomic E-state index is 12.6. The van der Waals surface area contributed by atoms with Crippen molar-refractivity contribution < 1.29 is 32.6 Å². The fraction of sp³-hybridized carbons (Fsp3) is 0.500. The first-order chi connectivity index (χ1) is 12.3. The van der Waals surface area contributed by atoms with Crippen LogP contribution in [0.15, 0.2) is 12.1 Å². The van der Waals surface area contributed by atoms with Crippen molar-refractivity contribution in [2.75, 3.05) is 13.3 Å². The Bertz CT molecular complexity index is 676. The number of alkyl halides is 2. The Kier molecular flexibility index (Phi) is 8.51. The standard InChI is InChI=1S/C16H21F2N3O5.ClH/c1-8(2)14(19)15(23)21-6-13(22)20-5-9-3-11-12(25-7-24-11)4-10(9)26-16(17)18;/h3-4,8,14,16H,5-7,19H2,1-2H3,(H,20,22)(H,21,23);1H/t14-;/m0./s1. The van der Waals surface area contributed by atoms with Gasteiger partial charge in [-0.2, -0.15) is 8.78 Å². The summed E-state index contributed by atoms with van der Waals surface area (Å²) in [6.07, 6.45) is 0. The van der Waals surface area contributed by atoms with Crippen molar-refractivity contribution in [3.63, 3.8) is 0 Å². The summed E-state index contributed by atoms with van der Waals surface area (Å²) < 4.78 is 39.9. The summed E-state index contributed by atoms with van der Waals surface area (Å²) in [5.74, 6) is -0.496. The minimum absolute atomic E-state index is 0. The van der Waals surface area contributed by atoms with Crippen LogP contribution in [0.1, 0.15) is 19.4 Å². The number of hydrogen-bond donors (Lipinski definition) is 3. The van der Waals surface area contributed by atoms with E-state index in [9.17, 15) is 18.4 Å². The van der Waals surface area contributed by atoms with Crippen LogP contribution in [0.5, 0.6) is 17.2 Å². The number of rotatable bonds is 8. The van der Waals surface area contributed by atoms with Gasteiger partial charge in [0.15, 0.2) is 11.5 Å². The van der Waals surface area contributed by atoms with Gasteiger partial charge in [-0.1, -0.05) is 13.8 Å². The first kappa shape index (κ1) is 22.7. The third kappa shape index (κ3) is 6.40. The predicted molar refractivity (Wildman–Crippen MR) is 94.1 cm³/mol. The van der Waals surface area contributed by atoms with Gasteiger partial charge in [-0.3, -0.25) is 9.59 Å². The lowest BCUT2D eigenvalue weighted by atomic mass is 10.1. The molecule has 4 N–H and O–H groups in total. The normalized spacial score (nSPS) is 13.1. The van der Waals surface area contributed by atoms with Crippen molar-refractivity contribution in [1.29, 1.82) is 0 Å². The van der Waals surface area contributed by atoms with Crippen molar-refractivity contribution in [3.8, 4) is 17.2 Å². The molecular weight excluding hydrogens is 388 g/mol. The highest BCUT2D eigenvalue weighted by Crippen LogP contribution is 2.38. The lowest BCUT2D eigenvalue weighted by Gasteiger charge is -2.15. The quantitative estimate of drug-likeness (QED) is 0.594. The molecule has 0 saturated heterocycles. The summed E-state index contributed by atoms with van der Waals surface area (Å²) in [7, 11) is 0. The number of amides is 2. The van der Waals surface area contributed by atoms with Crippen molar-refractivity contribution >= 4 is 24.2 Å². The molecule has 0 radical (unpaired) electrons. The van der Waals surface area contributed by atoms with Gasteiger partial charge >= 0.3 is 6.61 Å². The van der Waals surface area contributed by atoms with Gasteiger partial charge in [0.25, 0.3) is 0 Å². The van der Waals surface area contributed by atoms with Gasteiger partial charge in [0.1, 0.15) is 5.75 Å². The van der Waals surface area contributed by atoms with E-state index in [-0.39, 0.29) is 55.3 Å². The molecule has 0 bridgehead atoms. The fourth-order valence-electron chi connectivity index (χ4n) is 2.15. The molecule has 27 heavy (non-hydrogen) atoms. The van der Waals surface area contributed by atoms with E-state index in [1.807, 2.05) is 0 Å². The van der Waals surface area contributed by atoms with Crippen LogP contribution in [0.25, 0.3) is 0 Å². The molecule has 0 unspecified atom stereocenters. The van der Waals surface area contributed by atoms with Crippen molar-refractivity contribution in [3.05, 3.63) is 17.7 Å². The Morgan fingerprint density at radius 2 is 1.85 bits per heavy atom. The first-order valence-corrected chi connectivity index (χ1v) is 7.95. The van der Waals surface area contributed by atoms with Crippen LogP contribution in [0.4, 0.5) is 8.78 Å². The molecule has 8 nitrogen and oxygen atoms in total. The number of carbonyl (C=O) groups is 2. The summed E-state index contributed by atoms with van der Waals surface area (Å²) in [4.78, 5) is 23.6. The minimum Gasteiger partial charge on any atom is -0.454 e.